The van der Waals surface area contributed by atoms with Gasteiger partial charge in [-0.25, -0.2) is 0 Å². The summed E-state index contributed by atoms with van der Waals surface area (Å²) in [4.78, 5) is 0. The number of hydrogen-bond donors (Lipinski definition) is 2. The predicted octanol–water partition coefficient (Wildman–Crippen LogP) is 3.94. The fraction of sp³-hybridized carbons (Fsp3) is 0.625. The highest BCUT2D eigenvalue weighted by Crippen LogP contribution is 2.43. The third kappa shape index (κ3) is 2.26. The normalized spacial score (nSPS) is 19.2. The lowest BCUT2D eigenvalue weighted by Crippen LogP contribution is -2.39. The molecule has 1 aromatic carbocycles. The van der Waals surface area contributed by atoms with E-state index in [1.165, 1.54) is 19.3 Å². The number of aromatic hydroxyl groups is 1. The second kappa shape index (κ2) is 4.93. The van der Waals surface area contributed by atoms with Crippen LogP contribution in [0, 0.1) is 6.92 Å². The maximum absolute atomic E-state index is 10.6. The van der Waals surface area contributed by atoms with E-state index in [1.807, 2.05) is 6.07 Å². The largest absolute Gasteiger partial charge is 0.507 e. The first kappa shape index (κ1) is 13.4. The molecule has 0 atom stereocenters. The maximum atomic E-state index is 10.6. The van der Waals surface area contributed by atoms with Crippen molar-refractivity contribution in [3.05, 3.63) is 28.8 Å². The molecule has 100 valence electrons. The van der Waals surface area contributed by atoms with E-state index in [-0.39, 0.29) is 5.54 Å². The molecule has 0 aromatic heterocycles. The van der Waals surface area contributed by atoms with Gasteiger partial charge in [0.2, 0.25) is 0 Å². The third-order valence-electron chi connectivity index (χ3n) is 4.28. The van der Waals surface area contributed by atoms with Crippen molar-refractivity contribution >= 4 is 0 Å². The molecule has 1 fully saturated rings. The van der Waals surface area contributed by atoms with Crippen LogP contribution in [0.25, 0.3) is 0 Å². The van der Waals surface area contributed by atoms with Crippen molar-refractivity contribution in [2.45, 2.75) is 64.3 Å². The highest BCUT2D eigenvalue weighted by Gasteiger charge is 2.34. The Morgan fingerprint density at radius 1 is 1.17 bits per heavy atom. The van der Waals surface area contributed by atoms with Gasteiger partial charge in [0, 0.05) is 11.1 Å². The standard InChI is InChI=1S/C16H25NO/c1-11(2)13-8-7-12(3)14(15(13)18)16(17)9-5-4-6-10-16/h7-8,11,18H,4-6,9-10,17H2,1-3H3. The van der Waals surface area contributed by atoms with Crippen molar-refractivity contribution in [2.75, 3.05) is 0 Å². The second-order valence-corrected chi connectivity index (χ2v) is 6.07. The minimum atomic E-state index is -0.322. The van der Waals surface area contributed by atoms with Crippen LogP contribution < -0.4 is 5.73 Å². The molecule has 0 amide bonds. The van der Waals surface area contributed by atoms with Gasteiger partial charge in [-0.05, 0) is 36.8 Å². The van der Waals surface area contributed by atoms with E-state index >= 15 is 0 Å². The SMILES string of the molecule is Cc1ccc(C(C)C)c(O)c1C1(N)CCCCC1. The maximum Gasteiger partial charge on any atom is 0.124 e. The molecule has 0 unspecified atom stereocenters. The van der Waals surface area contributed by atoms with Gasteiger partial charge in [-0.2, -0.15) is 0 Å². The van der Waals surface area contributed by atoms with Gasteiger partial charge in [0.25, 0.3) is 0 Å². The van der Waals surface area contributed by atoms with Gasteiger partial charge >= 0.3 is 0 Å². The molecule has 1 aliphatic rings. The Labute approximate surface area is 110 Å². The lowest BCUT2D eigenvalue weighted by Gasteiger charge is -2.36. The first-order valence-electron chi connectivity index (χ1n) is 7.07. The van der Waals surface area contributed by atoms with Crippen LogP contribution in [0.15, 0.2) is 12.1 Å². The van der Waals surface area contributed by atoms with E-state index in [9.17, 15) is 5.11 Å². The number of nitrogens with two attached hydrogens (primary N) is 1. The summed E-state index contributed by atoms with van der Waals surface area (Å²) >= 11 is 0. The minimum Gasteiger partial charge on any atom is -0.507 e. The zero-order chi connectivity index (χ0) is 13.3. The van der Waals surface area contributed by atoms with Gasteiger partial charge < -0.3 is 10.8 Å². The molecule has 1 saturated carbocycles. The summed E-state index contributed by atoms with van der Waals surface area (Å²) in [6.07, 6.45) is 5.58. The number of phenols is 1. The Kier molecular flexibility index (Phi) is 3.67. The van der Waals surface area contributed by atoms with Crippen molar-refractivity contribution in [3.63, 3.8) is 0 Å². The third-order valence-corrected chi connectivity index (χ3v) is 4.28. The monoisotopic (exact) mass is 247 g/mol. The minimum absolute atomic E-state index is 0.322. The molecule has 18 heavy (non-hydrogen) atoms. The summed E-state index contributed by atoms with van der Waals surface area (Å²) in [5.41, 5.74) is 9.41. The lowest BCUT2D eigenvalue weighted by molar-refractivity contribution is 0.290. The molecular weight excluding hydrogens is 222 g/mol. The van der Waals surface area contributed by atoms with Crippen molar-refractivity contribution in [2.24, 2.45) is 5.73 Å². The van der Waals surface area contributed by atoms with Crippen LogP contribution in [0.1, 0.15) is 68.6 Å². The number of benzene rings is 1. The van der Waals surface area contributed by atoms with Gasteiger partial charge in [-0.15, -0.1) is 0 Å². The zero-order valence-corrected chi connectivity index (χ0v) is 11.8. The average Bonchev–Trinajstić information content (AvgIpc) is 2.29. The summed E-state index contributed by atoms with van der Waals surface area (Å²) in [5.74, 6) is 0.769. The van der Waals surface area contributed by atoms with Crippen molar-refractivity contribution in [1.82, 2.24) is 0 Å². The van der Waals surface area contributed by atoms with E-state index in [0.717, 1.165) is 29.5 Å². The van der Waals surface area contributed by atoms with Crippen LogP contribution in [-0.4, -0.2) is 5.11 Å². The van der Waals surface area contributed by atoms with Crippen LogP contribution in [0.3, 0.4) is 0 Å². The zero-order valence-electron chi connectivity index (χ0n) is 11.8. The molecule has 1 aromatic rings. The number of rotatable bonds is 2. The predicted molar refractivity (Wildman–Crippen MR) is 75.9 cm³/mol. The summed E-state index contributed by atoms with van der Waals surface area (Å²) in [6.45, 7) is 6.28. The molecule has 2 nitrogen and oxygen atoms in total. The topological polar surface area (TPSA) is 46.2 Å². The first-order valence-corrected chi connectivity index (χ1v) is 7.07. The first-order chi connectivity index (χ1) is 8.46. The Bertz CT molecular complexity index is 431. The molecule has 3 N–H and O–H groups in total. The van der Waals surface area contributed by atoms with Crippen molar-refractivity contribution < 1.29 is 5.11 Å². The Morgan fingerprint density at radius 3 is 2.33 bits per heavy atom. The Hall–Kier alpha value is -1.02. The van der Waals surface area contributed by atoms with Gasteiger partial charge in [0.1, 0.15) is 5.75 Å². The van der Waals surface area contributed by atoms with Gasteiger partial charge in [0.05, 0.1) is 0 Å². The molecule has 0 radical (unpaired) electrons. The highest BCUT2D eigenvalue weighted by molar-refractivity contribution is 5.50. The molecule has 0 aliphatic heterocycles. The molecule has 0 spiro atoms. The number of aryl methyl sites for hydroxylation is 1. The van der Waals surface area contributed by atoms with E-state index in [2.05, 4.69) is 26.8 Å². The fourth-order valence-corrected chi connectivity index (χ4v) is 3.24. The second-order valence-electron chi connectivity index (χ2n) is 6.07. The van der Waals surface area contributed by atoms with E-state index in [0.29, 0.717) is 11.7 Å². The summed E-state index contributed by atoms with van der Waals surface area (Å²) in [7, 11) is 0. The molecular formula is C16H25NO. The average molecular weight is 247 g/mol. The van der Waals surface area contributed by atoms with Crippen LogP contribution in [0.4, 0.5) is 0 Å². The number of hydrogen-bond acceptors (Lipinski definition) is 2. The van der Waals surface area contributed by atoms with Gasteiger partial charge in [0.15, 0.2) is 0 Å². The molecule has 0 heterocycles. The summed E-state index contributed by atoms with van der Waals surface area (Å²) < 4.78 is 0. The van der Waals surface area contributed by atoms with Crippen molar-refractivity contribution in [1.29, 1.82) is 0 Å². The molecule has 0 saturated heterocycles. The number of phenolic OH excluding ortho intramolecular Hbond substituents is 1. The summed E-state index contributed by atoms with van der Waals surface area (Å²) in [5, 5.41) is 10.6. The molecule has 2 rings (SSSR count). The highest BCUT2D eigenvalue weighted by atomic mass is 16.3. The lowest BCUT2D eigenvalue weighted by atomic mass is 9.74. The molecule has 1 aliphatic carbocycles. The van der Waals surface area contributed by atoms with Crippen LogP contribution in [0.5, 0.6) is 5.75 Å². The van der Waals surface area contributed by atoms with E-state index in [1.54, 1.807) is 0 Å². The van der Waals surface area contributed by atoms with Gasteiger partial charge in [-0.3, -0.25) is 0 Å². The quantitative estimate of drug-likeness (QED) is 0.831. The summed E-state index contributed by atoms with van der Waals surface area (Å²) in [6, 6.07) is 4.14. The molecule has 2 heteroatoms. The molecule has 0 bridgehead atoms. The van der Waals surface area contributed by atoms with E-state index < -0.39 is 0 Å². The van der Waals surface area contributed by atoms with Crippen molar-refractivity contribution in [3.8, 4) is 5.75 Å². The van der Waals surface area contributed by atoms with Crippen LogP contribution in [-0.2, 0) is 5.54 Å². The fourth-order valence-electron chi connectivity index (χ4n) is 3.24. The Morgan fingerprint density at radius 2 is 1.78 bits per heavy atom. The van der Waals surface area contributed by atoms with E-state index in [4.69, 9.17) is 5.73 Å². The van der Waals surface area contributed by atoms with Gasteiger partial charge in [-0.1, -0.05) is 45.2 Å². The smallest absolute Gasteiger partial charge is 0.124 e. The Balaban J connectivity index is 2.51. The van der Waals surface area contributed by atoms with Crippen LogP contribution in [0.2, 0.25) is 0 Å². The van der Waals surface area contributed by atoms with Crippen LogP contribution >= 0.6 is 0 Å².